The molecule has 0 spiro atoms. The monoisotopic (exact) mass is 322 g/mol. The van der Waals surface area contributed by atoms with E-state index >= 15 is 0 Å². The van der Waals surface area contributed by atoms with E-state index < -0.39 is 10.0 Å². The summed E-state index contributed by atoms with van der Waals surface area (Å²) in [7, 11) is -3.63. The molecule has 96 valence electrons. The normalized spacial score (nSPS) is 11.6. The van der Waals surface area contributed by atoms with Crippen molar-refractivity contribution in [2.45, 2.75) is 24.8 Å². The number of nitrogens with zero attached hydrogens (tertiary/aromatic N) is 2. The molecule has 0 atom stereocenters. The van der Waals surface area contributed by atoms with Gasteiger partial charge < -0.3 is 5.73 Å². The van der Waals surface area contributed by atoms with E-state index in [-0.39, 0.29) is 17.3 Å². The summed E-state index contributed by atoms with van der Waals surface area (Å²) in [5, 5.41) is 3.93. The first-order valence-electron chi connectivity index (χ1n) is 5.02. The minimum atomic E-state index is -3.63. The molecule has 0 aliphatic rings. The van der Waals surface area contributed by atoms with Gasteiger partial charge >= 0.3 is 0 Å². The van der Waals surface area contributed by atoms with Gasteiger partial charge in [-0.3, -0.25) is 4.68 Å². The second-order valence-electron chi connectivity index (χ2n) is 3.48. The number of anilines is 1. The highest BCUT2D eigenvalue weighted by atomic mass is 79.9. The molecule has 1 aromatic heterocycles. The number of nitrogen functional groups attached to an aromatic ring is 1. The Balaban J connectivity index is 2.94. The van der Waals surface area contributed by atoms with Crippen molar-refractivity contribution in [2.24, 2.45) is 0 Å². The molecule has 0 aliphatic carbocycles. The first-order chi connectivity index (χ1) is 7.86. The smallest absolute Gasteiger partial charge is 0.246 e. The van der Waals surface area contributed by atoms with Gasteiger partial charge in [0, 0.05) is 23.8 Å². The van der Waals surface area contributed by atoms with Crippen molar-refractivity contribution < 1.29 is 8.42 Å². The standard InChI is InChI=1S/C9H15BrN4O2S/c1-3-4-14-6-8(9(11)13-14)17(15,16)12-5-7(2)10/h6,12H,2-5H2,1H3,(H2,11,13). The minimum Gasteiger partial charge on any atom is -0.381 e. The van der Waals surface area contributed by atoms with Crippen LogP contribution in [0.3, 0.4) is 0 Å². The number of aromatic nitrogens is 2. The van der Waals surface area contributed by atoms with Gasteiger partial charge in [-0.15, -0.1) is 0 Å². The third-order valence-corrected chi connectivity index (χ3v) is 3.65. The fourth-order valence-electron chi connectivity index (χ4n) is 1.22. The highest BCUT2D eigenvalue weighted by Gasteiger charge is 2.20. The van der Waals surface area contributed by atoms with Crippen LogP contribution in [0.15, 0.2) is 22.2 Å². The molecule has 17 heavy (non-hydrogen) atoms. The van der Waals surface area contributed by atoms with Gasteiger partial charge in [0.15, 0.2) is 5.82 Å². The molecule has 0 unspecified atom stereocenters. The molecule has 1 rings (SSSR count). The number of rotatable bonds is 6. The Morgan fingerprint density at radius 3 is 2.88 bits per heavy atom. The molecule has 8 heteroatoms. The topological polar surface area (TPSA) is 90.0 Å². The third-order valence-electron chi connectivity index (χ3n) is 1.95. The van der Waals surface area contributed by atoms with Crippen molar-refractivity contribution in [2.75, 3.05) is 12.3 Å². The van der Waals surface area contributed by atoms with Crippen molar-refractivity contribution in [1.82, 2.24) is 14.5 Å². The van der Waals surface area contributed by atoms with E-state index in [4.69, 9.17) is 5.73 Å². The van der Waals surface area contributed by atoms with E-state index in [9.17, 15) is 8.42 Å². The van der Waals surface area contributed by atoms with Gasteiger partial charge in [0.25, 0.3) is 0 Å². The number of hydrogen-bond donors (Lipinski definition) is 2. The van der Waals surface area contributed by atoms with Crippen LogP contribution in [0.5, 0.6) is 0 Å². The summed E-state index contributed by atoms with van der Waals surface area (Å²) >= 11 is 3.07. The van der Waals surface area contributed by atoms with Crippen LogP contribution in [-0.2, 0) is 16.6 Å². The summed E-state index contributed by atoms with van der Waals surface area (Å²) in [4.78, 5) is -0.000278. The number of sulfonamides is 1. The summed E-state index contributed by atoms with van der Waals surface area (Å²) in [6, 6.07) is 0. The van der Waals surface area contributed by atoms with Crippen LogP contribution >= 0.6 is 15.9 Å². The molecule has 1 aromatic rings. The summed E-state index contributed by atoms with van der Waals surface area (Å²) in [6.07, 6.45) is 2.28. The molecule has 0 bridgehead atoms. The van der Waals surface area contributed by atoms with Crippen LogP contribution in [-0.4, -0.2) is 24.7 Å². The van der Waals surface area contributed by atoms with Gasteiger partial charge in [-0.2, -0.15) is 5.10 Å². The number of halogens is 1. The Bertz CT molecular complexity index is 509. The van der Waals surface area contributed by atoms with Gasteiger partial charge in [0.2, 0.25) is 10.0 Å². The minimum absolute atomic E-state index is 0.000278. The average Bonchev–Trinajstić information content (AvgIpc) is 2.58. The van der Waals surface area contributed by atoms with E-state index in [1.165, 1.54) is 10.9 Å². The van der Waals surface area contributed by atoms with Crippen molar-refractivity contribution in [3.8, 4) is 0 Å². The maximum atomic E-state index is 11.9. The zero-order valence-electron chi connectivity index (χ0n) is 9.48. The van der Waals surface area contributed by atoms with Crippen molar-refractivity contribution in [3.05, 3.63) is 17.3 Å². The molecule has 0 aliphatic heterocycles. The number of hydrogen-bond acceptors (Lipinski definition) is 4. The average molecular weight is 323 g/mol. The largest absolute Gasteiger partial charge is 0.381 e. The summed E-state index contributed by atoms with van der Waals surface area (Å²) in [6.45, 7) is 6.26. The predicted molar refractivity (Wildman–Crippen MR) is 70.2 cm³/mol. The molecule has 0 saturated heterocycles. The molecular formula is C9H15BrN4O2S. The number of nitrogens with two attached hydrogens (primary N) is 1. The zero-order valence-corrected chi connectivity index (χ0v) is 11.9. The second kappa shape index (κ2) is 5.65. The second-order valence-corrected chi connectivity index (χ2v) is 6.34. The zero-order chi connectivity index (χ0) is 13.1. The predicted octanol–water partition coefficient (Wildman–Crippen LogP) is 1.06. The lowest BCUT2D eigenvalue weighted by Gasteiger charge is -2.03. The lowest BCUT2D eigenvalue weighted by molar-refractivity contribution is 0.583. The molecule has 0 radical (unpaired) electrons. The van der Waals surface area contributed by atoms with Gasteiger partial charge in [0.1, 0.15) is 4.90 Å². The maximum absolute atomic E-state index is 11.9. The van der Waals surface area contributed by atoms with Crippen molar-refractivity contribution in [3.63, 3.8) is 0 Å². The van der Waals surface area contributed by atoms with Crippen LogP contribution in [0.1, 0.15) is 13.3 Å². The van der Waals surface area contributed by atoms with Gasteiger partial charge in [-0.25, -0.2) is 13.1 Å². The van der Waals surface area contributed by atoms with E-state index in [0.717, 1.165) is 6.42 Å². The third kappa shape index (κ3) is 3.83. The van der Waals surface area contributed by atoms with Crippen molar-refractivity contribution >= 4 is 31.8 Å². The van der Waals surface area contributed by atoms with Crippen molar-refractivity contribution in [1.29, 1.82) is 0 Å². The van der Waals surface area contributed by atoms with E-state index in [0.29, 0.717) is 11.0 Å². The summed E-state index contributed by atoms with van der Waals surface area (Å²) in [5.41, 5.74) is 5.58. The molecule has 6 nitrogen and oxygen atoms in total. The number of nitrogens with one attached hydrogen (secondary N) is 1. The van der Waals surface area contributed by atoms with Crippen LogP contribution < -0.4 is 10.5 Å². The van der Waals surface area contributed by atoms with Crippen LogP contribution in [0.2, 0.25) is 0 Å². The molecule has 1 heterocycles. The number of aryl methyl sites for hydroxylation is 1. The molecule has 0 saturated carbocycles. The summed E-state index contributed by atoms with van der Waals surface area (Å²) < 4.78 is 28.2. The Morgan fingerprint density at radius 2 is 2.35 bits per heavy atom. The first-order valence-corrected chi connectivity index (χ1v) is 7.30. The maximum Gasteiger partial charge on any atom is 0.246 e. The van der Waals surface area contributed by atoms with Gasteiger partial charge in [-0.05, 0) is 6.42 Å². The van der Waals surface area contributed by atoms with E-state index in [1.807, 2.05) is 6.92 Å². The highest BCUT2D eigenvalue weighted by molar-refractivity contribution is 9.11. The highest BCUT2D eigenvalue weighted by Crippen LogP contribution is 2.16. The van der Waals surface area contributed by atoms with Crippen LogP contribution in [0, 0.1) is 0 Å². The molecule has 3 N–H and O–H groups in total. The molecule has 0 amide bonds. The molecule has 0 aromatic carbocycles. The Morgan fingerprint density at radius 1 is 1.71 bits per heavy atom. The SMILES string of the molecule is C=C(Br)CNS(=O)(=O)c1cn(CCC)nc1N. The quantitative estimate of drug-likeness (QED) is 0.819. The first kappa shape index (κ1) is 14.2. The lowest BCUT2D eigenvalue weighted by Crippen LogP contribution is -2.25. The Labute approximate surface area is 109 Å². The lowest BCUT2D eigenvalue weighted by atomic mass is 10.5. The Hall–Kier alpha value is -0.860. The van der Waals surface area contributed by atoms with Gasteiger partial charge in [0.05, 0.1) is 0 Å². The fraction of sp³-hybridized carbons (Fsp3) is 0.444. The fourth-order valence-corrected chi connectivity index (χ4v) is 2.64. The van der Waals surface area contributed by atoms with Crippen LogP contribution in [0.25, 0.3) is 0 Å². The molecular weight excluding hydrogens is 308 g/mol. The molecule has 0 fully saturated rings. The van der Waals surface area contributed by atoms with Crippen LogP contribution in [0.4, 0.5) is 5.82 Å². The van der Waals surface area contributed by atoms with E-state index in [1.54, 1.807) is 0 Å². The van der Waals surface area contributed by atoms with Gasteiger partial charge in [-0.1, -0.05) is 29.4 Å². The summed E-state index contributed by atoms with van der Waals surface area (Å²) in [5.74, 6) is 0.00568. The Kier molecular flexibility index (Phi) is 4.72. The van der Waals surface area contributed by atoms with E-state index in [2.05, 4.69) is 32.3 Å².